The molecule has 9 nitrogen and oxygen atoms in total. The molecule has 0 saturated carbocycles. The minimum absolute atomic E-state index is 0.0436. The van der Waals surface area contributed by atoms with Crippen molar-refractivity contribution in [2.24, 2.45) is 7.05 Å². The Kier molecular flexibility index (Phi) is 7.62. The zero-order chi connectivity index (χ0) is 25.0. The van der Waals surface area contributed by atoms with Crippen LogP contribution in [-0.2, 0) is 29.4 Å². The van der Waals surface area contributed by atoms with Crippen molar-refractivity contribution in [3.8, 4) is 5.75 Å². The van der Waals surface area contributed by atoms with Crippen LogP contribution in [0.25, 0.3) is 11.0 Å². The summed E-state index contributed by atoms with van der Waals surface area (Å²) in [6, 6.07) is 5.95. The number of halogens is 1. The molecule has 0 radical (unpaired) electrons. The Hall–Kier alpha value is -3.79. The van der Waals surface area contributed by atoms with Crippen LogP contribution in [0.2, 0.25) is 0 Å². The van der Waals surface area contributed by atoms with Gasteiger partial charge in [0.15, 0.2) is 5.75 Å². The van der Waals surface area contributed by atoms with E-state index in [1.54, 1.807) is 26.2 Å². The SMILES string of the molecule is COCCNC(=O)c1c(O)c2ncc(Cc3ccc(F)cc3CC(=O)N(C)C)cc2n(C)c1=O. The van der Waals surface area contributed by atoms with Gasteiger partial charge in [0.1, 0.15) is 16.9 Å². The van der Waals surface area contributed by atoms with Crippen molar-refractivity contribution in [3.63, 3.8) is 0 Å². The third kappa shape index (κ3) is 5.23. The number of hydrogen-bond donors (Lipinski definition) is 2. The highest BCUT2D eigenvalue weighted by Crippen LogP contribution is 2.26. The number of hydrogen-bond acceptors (Lipinski definition) is 6. The first kappa shape index (κ1) is 24.8. The summed E-state index contributed by atoms with van der Waals surface area (Å²) in [4.78, 5) is 43.2. The molecule has 2 N–H and O–H groups in total. The maximum Gasteiger partial charge on any atom is 0.267 e. The molecule has 2 amide bonds. The average Bonchev–Trinajstić information content (AvgIpc) is 2.79. The molecule has 0 saturated heterocycles. The Morgan fingerprint density at radius 1 is 1.24 bits per heavy atom. The van der Waals surface area contributed by atoms with E-state index in [4.69, 9.17) is 4.74 Å². The van der Waals surface area contributed by atoms with Crippen molar-refractivity contribution in [3.05, 3.63) is 68.9 Å². The smallest absolute Gasteiger partial charge is 0.267 e. The largest absolute Gasteiger partial charge is 0.505 e. The van der Waals surface area contributed by atoms with Crippen molar-refractivity contribution in [1.29, 1.82) is 0 Å². The predicted octanol–water partition coefficient (Wildman–Crippen LogP) is 1.38. The molecule has 0 aliphatic rings. The molecule has 0 spiro atoms. The number of rotatable bonds is 8. The fourth-order valence-electron chi connectivity index (χ4n) is 3.56. The summed E-state index contributed by atoms with van der Waals surface area (Å²) in [7, 11) is 6.23. The second kappa shape index (κ2) is 10.4. The molecule has 0 unspecified atom stereocenters. The van der Waals surface area contributed by atoms with Crippen LogP contribution < -0.4 is 10.9 Å². The number of benzene rings is 1. The van der Waals surface area contributed by atoms with Crippen molar-refractivity contribution >= 4 is 22.8 Å². The number of carbonyl (C=O) groups excluding carboxylic acids is 2. The number of aryl methyl sites for hydroxylation is 1. The highest BCUT2D eigenvalue weighted by molar-refractivity contribution is 6.01. The number of nitrogens with one attached hydrogen (secondary N) is 1. The number of nitrogens with zero attached hydrogens (tertiary/aromatic N) is 3. The van der Waals surface area contributed by atoms with Crippen LogP contribution in [0.5, 0.6) is 5.75 Å². The third-order valence-electron chi connectivity index (χ3n) is 5.49. The molecule has 3 rings (SSSR count). The van der Waals surface area contributed by atoms with Crippen molar-refractivity contribution in [2.75, 3.05) is 34.4 Å². The first-order valence-electron chi connectivity index (χ1n) is 10.6. The van der Waals surface area contributed by atoms with E-state index in [-0.39, 0.29) is 31.0 Å². The molecule has 2 heterocycles. The normalized spacial score (nSPS) is 11.0. The second-order valence-corrected chi connectivity index (χ2v) is 8.10. The minimum Gasteiger partial charge on any atom is -0.505 e. The van der Waals surface area contributed by atoms with Gasteiger partial charge in [-0.3, -0.25) is 19.4 Å². The zero-order valence-electron chi connectivity index (χ0n) is 19.5. The van der Waals surface area contributed by atoms with Crippen molar-refractivity contribution in [1.82, 2.24) is 19.8 Å². The number of carbonyl (C=O) groups is 2. The molecule has 2 aromatic heterocycles. The van der Waals surface area contributed by atoms with E-state index in [0.29, 0.717) is 23.1 Å². The highest BCUT2D eigenvalue weighted by atomic mass is 19.1. The maximum atomic E-state index is 13.8. The van der Waals surface area contributed by atoms with Crippen LogP contribution in [-0.4, -0.2) is 65.7 Å². The number of ether oxygens (including phenoxy) is 1. The van der Waals surface area contributed by atoms with Gasteiger partial charge < -0.3 is 24.6 Å². The molecule has 3 aromatic rings. The number of aromatic hydroxyl groups is 1. The van der Waals surface area contributed by atoms with Crippen molar-refractivity contribution in [2.45, 2.75) is 12.8 Å². The number of amides is 2. The van der Waals surface area contributed by atoms with Gasteiger partial charge in [0.2, 0.25) is 5.91 Å². The van der Waals surface area contributed by atoms with Crippen LogP contribution in [0.3, 0.4) is 0 Å². The molecule has 34 heavy (non-hydrogen) atoms. The molecule has 0 aliphatic carbocycles. The monoisotopic (exact) mass is 470 g/mol. The minimum atomic E-state index is -0.718. The summed E-state index contributed by atoms with van der Waals surface area (Å²) in [5.74, 6) is -1.82. The van der Waals surface area contributed by atoms with E-state index in [0.717, 1.165) is 5.56 Å². The van der Waals surface area contributed by atoms with Gasteiger partial charge >= 0.3 is 0 Å². The van der Waals surface area contributed by atoms with Gasteiger partial charge in [-0.25, -0.2) is 4.39 Å². The lowest BCUT2D eigenvalue weighted by Crippen LogP contribution is -2.34. The molecule has 180 valence electrons. The predicted molar refractivity (Wildman–Crippen MR) is 124 cm³/mol. The molecule has 0 fully saturated rings. The molecule has 1 aromatic carbocycles. The van der Waals surface area contributed by atoms with Gasteiger partial charge in [-0.2, -0.15) is 0 Å². The first-order valence-corrected chi connectivity index (χ1v) is 10.6. The zero-order valence-corrected chi connectivity index (χ0v) is 19.5. The molecule has 0 bridgehead atoms. The molecule has 10 heteroatoms. The summed E-state index contributed by atoms with van der Waals surface area (Å²) in [5, 5.41) is 13.2. The fraction of sp³-hybridized carbons (Fsp3) is 0.333. The lowest BCUT2D eigenvalue weighted by molar-refractivity contribution is -0.127. The highest BCUT2D eigenvalue weighted by Gasteiger charge is 2.22. The van der Waals surface area contributed by atoms with Gasteiger partial charge in [-0.1, -0.05) is 6.07 Å². The lowest BCUT2D eigenvalue weighted by Gasteiger charge is -2.15. The maximum absolute atomic E-state index is 13.8. The van der Waals surface area contributed by atoms with Gasteiger partial charge in [-0.15, -0.1) is 0 Å². The Bertz CT molecular complexity index is 1300. The van der Waals surface area contributed by atoms with Gasteiger partial charge in [-0.05, 0) is 41.3 Å². The standard InChI is InChI=1S/C24H27FN4O5/c1-28(2)19(30)12-16-11-17(25)6-5-15(16)9-14-10-18-21(27-13-14)22(31)20(24(33)29(18)3)23(32)26-7-8-34-4/h5-6,10-11,13,31H,7-9,12H2,1-4H3,(H,26,32). The van der Waals surface area contributed by atoms with Crippen LogP contribution in [0.1, 0.15) is 27.0 Å². The Labute approximate surface area is 195 Å². The van der Waals surface area contributed by atoms with Gasteiger partial charge in [0.05, 0.1) is 18.5 Å². The summed E-state index contributed by atoms with van der Waals surface area (Å²) >= 11 is 0. The summed E-state index contributed by atoms with van der Waals surface area (Å²) < 4.78 is 20.0. The van der Waals surface area contributed by atoms with E-state index in [9.17, 15) is 23.9 Å². The van der Waals surface area contributed by atoms with E-state index in [1.807, 2.05) is 0 Å². The Morgan fingerprint density at radius 2 is 1.97 bits per heavy atom. The van der Waals surface area contributed by atoms with E-state index in [1.165, 1.54) is 42.0 Å². The molecule has 0 atom stereocenters. The number of fused-ring (bicyclic) bond motifs is 1. The van der Waals surface area contributed by atoms with Crippen LogP contribution in [0, 0.1) is 5.82 Å². The summed E-state index contributed by atoms with van der Waals surface area (Å²) in [6.45, 7) is 0.437. The summed E-state index contributed by atoms with van der Waals surface area (Å²) in [6.07, 6.45) is 1.88. The van der Waals surface area contributed by atoms with Crippen LogP contribution in [0.4, 0.5) is 4.39 Å². The Balaban J connectivity index is 1.99. The van der Waals surface area contributed by atoms with Gasteiger partial charge in [0, 0.05) is 41.0 Å². The average molecular weight is 471 g/mol. The summed E-state index contributed by atoms with van der Waals surface area (Å²) in [5.41, 5.74) is 1.35. The fourth-order valence-corrected chi connectivity index (χ4v) is 3.56. The molecule has 0 aliphatic heterocycles. The van der Waals surface area contributed by atoms with Gasteiger partial charge in [0.25, 0.3) is 11.5 Å². The van der Waals surface area contributed by atoms with E-state index < -0.39 is 28.6 Å². The second-order valence-electron chi connectivity index (χ2n) is 8.10. The van der Waals surface area contributed by atoms with E-state index >= 15 is 0 Å². The molecular formula is C24H27FN4O5. The van der Waals surface area contributed by atoms with E-state index in [2.05, 4.69) is 10.3 Å². The quantitative estimate of drug-likeness (QED) is 0.481. The Morgan fingerprint density at radius 3 is 2.65 bits per heavy atom. The molecular weight excluding hydrogens is 443 g/mol. The first-order chi connectivity index (χ1) is 16.1. The third-order valence-corrected chi connectivity index (χ3v) is 5.49. The number of pyridine rings is 2. The topological polar surface area (TPSA) is 114 Å². The van der Waals surface area contributed by atoms with Crippen molar-refractivity contribution < 1.29 is 23.8 Å². The van der Waals surface area contributed by atoms with Crippen LogP contribution in [0.15, 0.2) is 35.3 Å². The number of methoxy groups -OCH3 is 1. The number of aromatic nitrogens is 2. The lowest BCUT2D eigenvalue weighted by atomic mass is 9.97. The van der Waals surface area contributed by atoms with Crippen LogP contribution >= 0.6 is 0 Å². The number of likely N-dealkylation sites (N-methyl/N-ethyl adjacent to an activating group) is 1.